The Bertz CT molecular complexity index is 383. The minimum Gasteiger partial charge on any atom is -0.393 e. The number of hydrogen-bond acceptors (Lipinski definition) is 2. The maximum atomic E-state index is 13.3. The number of rotatable bonds is 3. The second-order valence-electron chi connectivity index (χ2n) is 5.13. The van der Waals surface area contributed by atoms with Crippen molar-refractivity contribution in [3.63, 3.8) is 0 Å². The second kappa shape index (κ2) is 6.13. The molecule has 0 amide bonds. The van der Waals surface area contributed by atoms with Crippen molar-refractivity contribution in [2.24, 2.45) is 5.92 Å². The number of benzene rings is 1. The maximum absolute atomic E-state index is 13.3. The number of nitrogens with zero attached hydrogens (tertiary/aromatic N) is 1. The van der Waals surface area contributed by atoms with Crippen molar-refractivity contribution in [3.8, 4) is 0 Å². The van der Waals surface area contributed by atoms with Gasteiger partial charge < -0.3 is 5.11 Å². The first-order chi connectivity index (χ1) is 8.54. The Kier molecular flexibility index (Phi) is 4.76. The highest BCUT2D eigenvalue weighted by atomic mass is 79.9. The molecule has 100 valence electrons. The van der Waals surface area contributed by atoms with Crippen LogP contribution in [0.5, 0.6) is 0 Å². The summed E-state index contributed by atoms with van der Waals surface area (Å²) in [7, 11) is 0. The molecule has 1 unspecified atom stereocenters. The van der Waals surface area contributed by atoms with Gasteiger partial charge in [-0.25, -0.2) is 4.39 Å². The fraction of sp³-hybridized carbons (Fsp3) is 0.571. The van der Waals surface area contributed by atoms with Crippen LogP contribution in [-0.2, 0) is 6.54 Å². The van der Waals surface area contributed by atoms with Gasteiger partial charge in [-0.05, 0) is 62.5 Å². The number of piperidine rings is 1. The largest absolute Gasteiger partial charge is 0.393 e. The van der Waals surface area contributed by atoms with Gasteiger partial charge in [0.1, 0.15) is 5.82 Å². The summed E-state index contributed by atoms with van der Waals surface area (Å²) in [5.74, 6) is 0.221. The zero-order valence-electron chi connectivity index (χ0n) is 10.6. The lowest BCUT2D eigenvalue weighted by Crippen LogP contribution is -2.36. The van der Waals surface area contributed by atoms with E-state index in [2.05, 4.69) is 20.8 Å². The van der Waals surface area contributed by atoms with E-state index in [9.17, 15) is 9.50 Å². The minimum absolute atomic E-state index is 0.196. The van der Waals surface area contributed by atoms with E-state index >= 15 is 0 Å². The zero-order valence-corrected chi connectivity index (χ0v) is 12.2. The summed E-state index contributed by atoms with van der Waals surface area (Å²) in [6.07, 6.45) is 1.83. The van der Waals surface area contributed by atoms with Gasteiger partial charge in [0.25, 0.3) is 0 Å². The average molecular weight is 316 g/mol. The maximum Gasteiger partial charge on any atom is 0.124 e. The lowest BCUT2D eigenvalue weighted by atomic mass is 9.92. The molecule has 1 aliphatic heterocycles. The summed E-state index contributed by atoms with van der Waals surface area (Å²) in [5.41, 5.74) is 0.998. The highest BCUT2D eigenvalue weighted by Gasteiger charge is 2.22. The molecule has 1 saturated heterocycles. The zero-order chi connectivity index (χ0) is 13.1. The molecule has 0 aliphatic carbocycles. The Balaban J connectivity index is 1.91. The van der Waals surface area contributed by atoms with Gasteiger partial charge in [-0.2, -0.15) is 0 Å². The van der Waals surface area contributed by atoms with Gasteiger partial charge in [0.2, 0.25) is 0 Å². The number of likely N-dealkylation sites (tertiary alicyclic amines) is 1. The van der Waals surface area contributed by atoms with Crippen LogP contribution >= 0.6 is 15.9 Å². The SMILES string of the molecule is CC(O)C1CCN(Cc2cc(F)cc(Br)c2)CC1. The number of aliphatic hydroxyl groups excluding tert-OH is 1. The van der Waals surface area contributed by atoms with E-state index in [1.165, 1.54) is 6.07 Å². The van der Waals surface area contributed by atoms with Crippen LogP contribution in [0.2, 0.25) is 0 Å². The van der Waals surface area contributed by atoms with Crippen molar-refractivity contribution in [1.29, 1.82) is 0 Å². The topological polar surface area (TPSA) is 23.5 Å². The fourth-order valence-corrected chi connectivity index (χ4v) is 3.07. The van der Waals surface area contributed by atoms with Crippen LogP contribution in [0.25, 0.3) is 0 Å². The van der Waals surface area contributed by atoms with Crippen LogP contribution < -0.4 is 0 Å². The summed E-state index contributed by atoms with van der Waals surface area (Å²) in [6.45, 7) is 4.60. The van der Waals surface area contributed by atoms with Gasteiger partial charge in [-0.15, -0.1) is 0 Å². The molecule has 1 atom stereocenters. The van der Waals surface area contributed by atoms with Crippen molar-refractivity contribution in [2.75, 3.05) is 13.1 Å². The molecule has 0 saturated carbocycles. The van der Waals surface area contributed by atoms with Gasteiger partial charge in [0.15, 0.2) is 0 Å². The Morgan fingerprint density at radius 1 is 1.39 bits per heavy atom. The van der Waals surface area contributed by atoms with Gasteiger partial charge in [-0.3, -0.25) is 4.90 Å². The Labute approximate surface area is 116 Å². The third kappa shape index (κ3) is 3.77. The van der Waals surface area contributed by atoms with E-state index in [1.807, 2.05) is 13.0 Å². The van der Waals surface area contributed by atoms with Crippen molar-refractivity contribution in [3.05, 3.63) is 34.1 Å². The molecular formula is C14H19BrFNO. The first-order valence-electron chi connectivity index (χ1n) is 6.40. The molecule has 2 rings (SSSR count). The van der Waals surface area contributed by atoms with Gasteiger partial charge in [0.05, 0.1) is 6.10 Å². The van der Waals surface area contributed by atoms with Crippen LogP contribution in [0.15, 0.2) is 22.7 Å². The molecule has 1 fully saturated rings. The van der Waals surface area contributed by atoms with E-state index in [0.29, 0.717) is 5.92 Å². The molecule has 0 radical (unpaired) electrons. The fourth-order valence-electron chi connectivity index (χ4n) is 2.55. The first kappa shape index (κ1) is 14.0. The number of hydrogen-bond donors (Lipinski definition) is 1. The molecule has 1 aromatic rings. The smallest absolute Gasteiger partial charge is 0.124 e. The van der Waals surface area contributed by atoms with E-state index < -0.39 is 0 Å². The van der Waals surface area contributed by atoms with E-state index in [1.54, 1.807) is 6.07 Å². The van der Waals surface area contributed by atoms with Crippen molar-refractivity contribution in [1.82, 2.24) is 4.90 Å². The average Bonchev–Trinajstić information content (AvgIpc) is 2.28. The summed E-state index contributed by atoms with van der Waals surface area (Å²) in [4.78, 5) is 2.32. The third-order valence-electron chi connectivity index (χ3n) is 3.64. The summed E-state index contributed by atoms with van der Waals surface area (Å²) in [5, 5.41) is 9.55. The molecule has 2 nitrogen and oxygen atoms in total. The molecule has 1 aromatic carbocycles. The van der Waals surface area contributed by atoms with E-state index in [-0.39, 0.29) is 11.9 Å². The Morgan fingerprint density at radius 3 is 2.61 bits per heavy atom. The summed E-state index contributed by atoms with van der Waals surface area (Å²) >= 11 is 3.31. The molecule has 0 aromatic heterocycles. The predicted molar refractivity (Wildman–Crippen MR) is 73.8 cm³/mol. The van der Waals surface area contributed by atoms with Crippen LogP contribution in [0.4, 0.5) is 4.39 Å². The molecule has 1 N–H and O–H groups in total. The Hall–Kier alpha value is -0.450. The highest BCUT2D eigenvalue weighted by molar-refractivity contribution is 9.10. The highest BCUT2D eigenvalue weighted by Crippen LogP contribution is 2.23. The molecular weight excluding hydrogens is 297 g/mol. The minimum atomic E-state index is -0.213. The number of halogens is 2. The lowest BCUT2D eigenvalue weighted by Gasteiger charge is -2.33. The predicted octanol–water partition coefficient (Wildman–Crippen LogP) is 3.18. The molecule has 1 aliphatic rings. The molecule has 0 spiro atoms. The lowest BCUT2D eigenvalue weighted by molar-refractivity contribution is 0.0695. The number of aliphatic hydroxyl groups is 1. The van der Waals surface area contributed by atoms with E-state index in [4.69, 9.17) is 0 Å². The standard InChI is InChI=1S/C14H19BrFNO/c1-10(18)12-2-4-17(5-3-12)9-11-6-13(15)8-14(16)7-11/h6-8,10,12,18H,2-5,9H2,1H3. The van der Waals surface area contributed by atoms with Gasteiger partial charge in [0, 0.05) is 11.0 Å². The van der Waals surface area contributed by atoms with Crippen molar-refractivity contribution >= 4 is 15.9 Å². The normalized spacial score (nSPS) is 20.0. The Morgan fingerprint density at radius 2 is 2.06 bits per heavy atom. The molecule has 1 heterocycles. The molecule has 4 heteroatoms. The summed E-state index contributed by atoms with van der Waals surface area (Å²) < 4.78 is 14.1. The second-order valence-corrected chi connectivity index (χ2v) is 6.05. The molecule has 18 heavy (non-hydrogen) atoms. The van der Waals surface area contributed by atoms with Crippen LogP contribution in [0.1, 0.15) is 25.3 Å². The quantitative estimate of drug-likeness (QED) is 0.926. The summed E-state index contributed by atoms with van der Waals surface area (Å²) in [6, 6.07) is 5.03. The third-order valence-corrected chi connectivity index (χ3v) is 4.10. The monoisotopic (exact) mass is 315 g/mol. The van der Waals surface area contributed by atoms with Crippen molar-refractivity contribution < 1.29 is 9.50 Å². The van der Waals surface area contributed by atoms with Crippen LogP contribution in [0.3, 0.4) is 0 Å². The van der Waals surface area contributed by atoms with Crippen LogP contribution in [0, 0.1) is 11.7 Å². The van der Waals surface area contributed by atoms with Crippen molar-refractivity contribution in [2.45, 2.75) is 32.4 Å². The van der Waals surface area contributed by atoms with Gasteiger partial charge >= 0.3 is 0 Å². The first-order valence-corrected chi connectivity index (χ1v) is 7.19. The molecule has 0 bridgehead atoms. The van der Waals surface area contributed by atoms with E-state index in [0.717, 1.165) is 42.5 Å². The van der Waals surface area contributed by atoms with Crippen LogP contribution in [-0.4, -0.2) is 29.2 Å². The van der Waals surface area contributed by atoms with Gasteiger partial charge in [-0.1, -0.05) is 15.9 Å².